The highest BCUT2D eigenvalue weighted by Crippen LogP contribution is 2.33. The molecule has 8 nitrogen and oxygen atoms in total. The van der Waals surface area contributed by atoms with Gasteiger partial charge >= 0.3 is 0 Å². The zero-order chi connectivity index (χ0) is 27.8. The van der Waals surface area contributed by atoms with Gasteiger partial charge in [-0.25, -0.2) is 4.98 Å². The molecule has 2 N–H and O–H groups in total. The summed E-state index contributed by atoms with van der Waals surface area (Å²) in [7, 11) is 0. The maximum atomic E-state index is 14.0. The number of nitrogens with zero attached hydrogens (tertiary/aromatic N) is 3. The van der Waals surface area contributed by atoms with E-state index in [0.717, 1.165) is 5.56 Å². The van der Waals surface area contributed by atoms with E-state index >= 15 is 0 Å². The van der Waals surface area contributed by atoms with Gasteiger partial charge in [-0.1, -0.05) is 43.1 Å². The molecule has 3 aromatic heterocycles. The number of amides is 1. The third kappa shape index (κ3) is 5.26. The first-order valence-corrected chi connectivity index (χ1v) is 13.8. The van der Waals surface area contributed by atoms with E-state index in [-0.39, 0.29) is 42.6 Å². The highest BCUT2D eigenvalue weighted by Gasteiger charge is 2.33. The third-order valence-electron chi connectivity index (χ3n) is 6.67. The monoisotopic (exact) mass is 610 g/mol. The average molecular weight is 612 g/mol. The van der Waals surface area contributed by atoms with Gasteiger partial charge in [0.2, 0.25) is 5.58 Å². The normalized spacial score (nSPS) is 12.5. The highest BCUT2D eigenvalue weighted by atomic mass is 79.9. The lowest BCUT2D eigenvalue weighted by atomic mass is 9.99. The van der Waals surface area contributed by atoms with E-state index in [9.17, 15) is 9.59 Å². The van der Waals surface area contributed by atoms with Crippen LogP contribution in [0.4, 0.5) is 0 Å². The Kier molecular flexibility index (Phi) is 7.66. The van der Waals surface area contributed by atoms with Gasteiger partial charge in [0, 0.05) is 29.1 Å². The Morgan fingerprint density at radius 2 is 1.87 bits per heavy atom. The summed E-state index contributed by atoms with van der Waals surface area (Å²) in [6.07, 6.45) is 0. The summed E-state index contributed by atoms with van der Waals surface area (Å²) in [4.78, 5) is 34.6. The Hall–Kier alpha value is -3.40. The lowest BCUT2D eigenvalue weighted by Crippen LogP contribution is -2.43. The smallest absolute Gasteiger partial charge is 0.297 e. The standard InChI is InChI=1S/C29H28BrClN4O4/c1-16(2)25(34(13-12-32)28(36)18-6-4-17(3)5-7-18)27-33-24-21-14-19(31)8-10-22(21)39-26(24)29(37)35(27)15-20-9-11-23(30)38-20/h4-11,14,16,25H,12-13,15,32H2,1-3H3. The van der Waals surface area contributed by atoms with Crippen molar-refractivity contribution in [3.8, 4) is 0 Å². The second-order valence-corrected chi connectivity index (χ2v) is 11.0. The number of furan rings is 2. The van der Waals surface area contributed by atoms with Crippen molar-refractivity contribution >= 4 is 55.5 Å². The number of aromatic nitrogens is 2. The van der Waals surface area contributed by atoms with Crippen LogP contribution < -0.4 is 11.3 Å². The quantitative estimate of drug-likeness (QED) is 0.220. The first-order valence-electron chi connectivity index (χ1n) is 12.6. The molecule has 0 aliphatic rings. The fourth-order valence-corrected chi connectivity index (χ4v) is 5.36. The minimum absolute atomic E-state index is 0.0961. The van der Waals surface area contributed by atoms with Crippen LogP contribution >= 0.6 is 27.5 Å². The number of carbonyl (C=O) groups is 1. The SMILES string of the molecule is Cc1ccc(C(=O)N(CCN)C(c2nc3c(oc4ccc(Cl)cc43)c(=O)n2Cc2ccc(Br)o2)C(C)C)cc1. The Morgan fingerprint density at radius 3 is 2.51 bits per heavy atom. The molecule has 1 amide bonds. The molecule has 0 saturated heterocycles. The van der Waals surface area contributed by atoms with Crippen molar-refractivity contribution in [2.75, 3.05) is 13.1 Å². The fraction of sp³-hybridized carbons (Fsp3) is 0.276. The maximum Gasteiger partial charge on any atom is 0.297 e. The molecule has 0 radical (unpaired) electrons. The van der Waals surface area contributed by atoms with Gasteiger partial charge in [-0.15, -0.1) is 0 Å². The second kappa shape index (κ2) is 11.0. The molecule has 0 aliphatic carbocycles. The van der Waals surface area contributed by atoms with Crippen molar-refractivity contribution in [2.24, 2.45) is 11.7 Å². The number of hydrogen-bond donors (Lipinski definition) is 1. The molecular weight excluding hydrogens is 584 g/mol. The average Bonchev–Trinajstić information content (AvgIpc) is 3.48. The molecule has 0 bridgehead atoms. The topological polar surface area (TPSA) is 108 Å². The molecule has 10 heteroatoms. The molecule has 5 rings (SSSR count). The molecule has 3 heterocycles. The van der Waals surface area contributed by atoms with Crippen LogP contribution in [0.2, 0.25) is 5.02 Å². The minimum atomic E-state index is -0.581. The number of carbonyl (C=O) groups excluding carboxylic acids is 1. The van der Waals surface area contributed by atoms with E-state index in [1.54, 1.807) is 47.4 Å². The van der Waals surface area contributed by atoms with Gasteiger partial charge < -0.3 is 19.5 Å². The molecule has 0 fully saturated rings. The van der Waals surface area contributed by atoms with Crippen LogP contribution in [0.15, 0.2) is 72.9 Å². The van der Waals surface area contributed by atoms with Crippen LogP contribution in [0.3, 0.4) is 0 Å². The van der Waals surface area contributed by atoms with Crippen LogP contribution in [0.1, 0.15) is 47.4 Å². The molecule has 1 unspecified atom stereocenters. The molecule has 39 heavy (non-hydrogen) atoms. The maximum absolute atomic E-state index is 14.0. The van der Waals surface area contributed by atoms with Crippen molar-refractivity contribution in [1.29, 1.82) is 0 Å². The first-order chi connectivity index (χ1) is 18.7. The Morgan fingerprint density at radius 1 is 1.13 bits per heavy atom. The summed E-state index contributed by atoms with van der Waals surface area (Å²) >= 11 is 9.62. The molecule has 5 aromatic rings. The lowest BCUT2D eigenvalue weighted by Gasteiger charge is -2.35. The van der Waals surface area contributed by atoms with Gasteiger partial charge in [0.1, 0.15) is 22.7 Å². The van der Waals surface area contributed by atoms with E-state index in [1.807, 2.05) is 32.9 Å². The summed E-state index contributed by atoms with van der Waals surface area (Å²) in [6, 6.07) is 15.5. The highest BCUT2D eigenvalue weighted by molar-refractivity contribution is 9.10. The first kappa shape index (κ1) is 27.2. The summed E-state index contributed by atoms with van der Waals surface area (Å²) in [5.41, 5.74) is 8.22. The van der Waals surface area contributed by atoms with E-state index < -0.39 is 6.04 Å². The van der Waals surface area contributed by atoms with Crippen LogP contribution in [-0.4, -0.2) is 33.4 Å². The van der Waals surface area contributed by atoms with Crippen molar-refractivity contribution in [3.63, 3.8) is 0 Å². The summed E-state index contributed by atoms with van der Waals surface area (Å²) in [5, 5.41) is 1.12. The number of halogens is 2. The minimum Gasteiger partial charge on any atom is -0.452 e. The summed E-state index contributed by atoms with van der Waals surface area (Å²) in [6.45, 7) is 6.56. The van der Waals surface area contributed by atoms with Gasteiger partial charge in [-0.2, -0.15) is 0 Å². The van der Waals surface area contributed by atoms with Gasteiger partial charge in [0.15, 0.2) is 4.67 Å². The number of fused-ring (bicyclic) bond motifs is 3. The molecule has 1 atom stereocenters. The van der Waals surface area contributed by atoms with Crippen molar-refractivity contribution in [2.45, 2.75) is 33.4 Å². The molecule has 2 aromatic carbocycles. The Labute approximate surface area is 238 Å². The summed E-state index contributed by atoms with van der Waals surface area (Å²) < 4.78 is 13.8. The predicted molar refractivity (Wildman–Crippen MR) is 155 cm³/mol. The van der Waals surface area contributed by atoms with E-state index in [4.69, 9.17) is 31.2 Å². The van der Waals surface area contributed by atoms with E-state index in [1.165, 1.54) is 4.57 Å². The molecule has 0 spiro atoms. The van der Waals surface area contributed by atoms with Gasteiger partial charge in [0.05, 0.1) is 12.6 Å². The Balaban J connectivity index is 1.76. The van der Waals surface area contributed by atoms with Gasteiger partial charge in [0.25, 0.3) is 11.5 Å². The largest absolute Gasteiger partial charge is 0.452 e. The third-order valence-corrected chi connectivity index (χ3v) is 7.33. The second-order valence-electron chi connectivity index (χ2n) is 9.83. The molecule has 202 valence electrons. The van der Waals surface area contributed by atoms with Gasteiger partial charge in [-0.3, -0.25) is 14.2 Å². The molecule has 0 saturated carbocycles. The Bertz CT molecular complexity index is 1720. The van der Waals surface area contributed by atoms with Crippen LogP contribution in [-0.2, 0) is 6.54 Å². The lowest BCUT2D eigenvalue weighted by molar-refractivity contribution is 0.0612. The van der Waals surface area contributed by atoms with Crippen LogP contribution in [0.5, 0.6) is 0 Å². The predicted octanol–water partition coefficient (Wildman–Crippen LogP) is 6.31. The number of hydrogen-bond acceptors (Lipinski definition) is 6. The van der Waals surface area contributed by atoms with Crippen LogP contribution in [0.25, 0.3) is 22.1 Å². The number of benzene rings is 2. The van der Waals surface area contributed by atoms with E-state index in [0.29, 0.717) is 43.3 Å². The van der Waals surface area contributed by atoms with Crippen molar-refractivity contribution in [3.05, 3.63) is 97.4 Å². The number of rotatable bonds is 8. The van der Waals surface area contributed by atoms with E-state index in [2.05, 4.69) is 15.9 Å². The van der Waals surface area contributed by atoms with Gasteiger partial charge in [-0.05, 0) is 71.2 Å². The fourth-order valence-electron chi connectivity index (χ4n) is 4.85. The van der Waals surface area contributed by atoms with Crippen molar-refractivity contribution in [1.82, 2.24) is 14.5 Å². The molecular formula is C29H28BrClN4O4. The zero-order valence-corrected chi connectivity index (χ0v) is 24.1. The summed E-state index contributed by atoms with van der Waals surface area (Å²) in [5.74, 6) is 0.641. The van der Waals surface area contributed by atoms with Crippen molar-refractivity contribution < 1.29 is 13.6 Å². The molecule has 0 aliphatic heterocycles. The zero-order valence-electron chi connectivity index (χ0n) is 21.8. The van der Waals surface area contributed by atoms with Crippen LogP contribution in [0, 0.1) is 12.8 Å². The number of aryl methyl sites for hydroxylation is 1. The number of nitrogens with two attached hydrogens (primary N) is 1.